The van der Waals surface area contributed by atoms with Gasteiger partial charge in [0, 0.05) is 22.7 Å². The van der Waals surface area contributed by atoms with Gasteiger partial charge in [-0.25, -0.2) is 0 Å². The van der Waals surface area contributed by atoms with Crippen molar-refractivity contribution in [2.75, 3.05) is 0 Å². The molecule has 0 atom stereocenters. The number of halogens is 1. The second-order valence-electron chi connectivity index (χ2n) is 5.84. The van der Waals surface area contributed by atoms with Crippen LogP contribution in [0.1, 0.15) is 5.76 Å². The molecule has 0 amide bonds. The van der Waals surface area contributed by atoms with Crippen LogP contribution in [0.4, 0.5) is 5.69 Å². The number of aryl methyl sites for hydroxylation is 1. The first-order valence-corrected chi connectivity index (χ1v) is 9.41. The molecule has 0 saturated heterocycles. The Kier molecular flexibility index (Phi) is 4.89. The molecule has 0 bridgehead atoms. The third-order valence-corrected chi connectivity index (χ3v) is 5.52. The number of aromatic nitrogens is 3. The van der Waals surface area contributed by atoms with Crippen molar-refractivity contribution >= 4 is 29.1 Å². The zero-order valence-electron chi connectivity index (χ0n) is 14.6. The van der Waals surface area contributed by atoms with Crippen LogP contribution < -0.4 is 0 Å². The van der Waals surface area contributed by atoms with Crippen LogP contribution in [0, 0.1) is 17.0 Å². The first-order chi connectivity index (χ1) is 13.5. The van der Waals surface area contributed by atoms with Crippen LogP contribution in [0.3, 0.4) is 0 Å². The summed E-state index contributed by atoms with van der Waals surface area (Å²) in [6, 6.07) is 15.9. The average Bonchev–Trinajstić information content (AvgIpc) is 3.29. The van der Waals surface area contributed by atoms with Gasteiger partial charge in [0.05, 0.1) is 21.8 Å². The highest BCUT2D eigenvalue weighted by atomic mass is 35.5. The highest BCUT2D eigenvalue weighted by molar-refractivity contribution is 7.99. The molecular formula is C19H13ClN4O3S. The van der Waals surface area contributed by atoms with Crippen LogP contribution in [-0.2, 0) is 0 Å². The Morgan fingerprint density at radius 1 is 1.14 bits per heavy atom. The molecule has 0 spiro atoms. The Hall–Kier alpha value is -3.10. The first-order valence-electron chi connectivity index (χ1n) is 8.21. The molecule has 28 heavy (non-hydrogen) atoms. The number of non-ortho nitro benzene ring substituents is 1. The van der Waals surface area contributed by atoms with E-state index in [0.29, 0.717) is 15.9 Å². The molecule has 140 valence electrons. The minimum absolute atomic E-state index is 0.0615. The molecule has 0 radical (unpaired) electrons. The summed E-state index contributed by atoms with van der Waals surface area (Å²) in [4.78, 5) is 11.1. The van der Waals surface area contributed by atoms with E-state index in [1.165, 1.54) is 23.9 Å². The maximum Gasteiger partial charge on any atom is 0.270 e. The molecule has 4 rings (SSSR count). The highest BCUT2D eigenvalue weighted by Crippen LogP contribution is 2.37. The van der Waals surface area contributed by atoms with Gasteiger partial charge in [-0.05, 0) is 43.0 Å². The Morgan fingerprint density at radius 2 is 1.93 bits per heavy atom. The fourth-order valence-corrected chi connectivity index (χ4v) is 3.87. The van der Waals surface area contributed by atoms with E-state index in [2.05, 4.69) is 10.2 Å². The van der Waals surface area contributed by atoms with E-state index >= 15 is 0 Å². The van der Waals surface area contributed by atoms with Crippen LogP contribution in [0.25, 0.3) is 17.1 Å². The molecule has 2 heterocycles. The average molecular weight is 413 g/mol. The number of nitro benzene ring substituents is 1. The topological polar surface area (TPSA) is 87.0 Å². The normalized spacial score (nSPS) is 10.9. The maximum atomic E-state index is 10.9. The Balaban J connectivity index is 1.81. The molecule has 0 aliphatic carbocycles. The molecule has 0 fully saturated rings. The zero-order chi connectivity index (χ0) is 19.7. The highest BCUT2D eigenvalue weighted by Gasteiger charge is 2.20. The minimum Gasteiger partial charge on any atom is -0.469 e. The number of hydrogen-bond acceptors (Lipinski definition) is 6. The van der Waals surface area contributed by atoms with Crippen molar-refractivity contribution in [3.05, 3.63) is 81.8 Å². The van der Waals surface area contributed by atoms with E-state index < -0.39 is 4.92 Å². The molecule has 0 saturated carbocycles. The summed E-state index contributed by atoms with van der Waals surface area (Å²) in [7, 11) is 0. The molecule has 0 aliphatic rings. The summed E-state index contributed by atoms with van der Waals surface area (Å²) >= 11 is 7.54. The third kappa shape index (κ3) is 3.39. The molecule has 0 aliphatic heterocycles. The van der Waals surface area contributed by atoms with Gasteiger partial charge < -0.3 is 4.42 Å². The Labute approximate surface area is 169 Å². The van der Waals surface area contributed by atoms with Gasteiger partial charge in [0.1, 0.15) is 5.76 Å². The summed E-state index contributed by atoms with van der Waals surface area (Å²) in [6.07, 6.45) is 1.61. The van der Waals surface area contributed by atoms with Gasteiger partial charge in [-0.1, -0.05) is 29.8 Å². The lowest BCUT2D eigenvalue weighted by atomic mass is 10.2. The van der Waals surface area contributed by atoms with Crippen molar-refractivity contribution in [3.8, 4) is 17.1 Å². The van der Waals surface area contributed by atoms with Gasteiger partial charge in [0.15, 0.2) is 5.82 Å². The third-order valence-electron chi connectivity index (χ3n) is 4.08. The Bertz CT molecular complexity index is 1160. The van der Waals surface area contributed by atoms with Crippen LogP contribution in [0.5, 0.6) is 0 Å². The van der Waals surface area contributed by atoms with Crippen molar-refractivity contribution in [2.45, 2.75) is 17.0 Å². The smallest absolute Gasteiger partial charge is 0.270 e. The molecule has 2 aromatic carbocycles. The van der Waals surface area contributed by atoms with E-state index in [1.54, 1.807) is 12.3 Å². The van der Waals surface area contributed by atoms with Crippen molar-refractivity contribution in [1.29, 1.82) is 0 Å². The van der Waals surface area contributed by atoms with E-state index in [4.69, 9.17) is 16.0 Å². The van der Waals surface area contributed by atoms with E-state index in [-0.39, 0.29) is 10.7 Å². The molecule has 9 heteroatoms. The molecule has 0 unspecified atom stereocenters. The van der Waals surface area contributed by atoms with E-state index in [0.717, 1.165) is 17.0 Å². The van der Waals surface area contributed by atoms with Crippen LogP contribution in [-0.4, -0.2) is 19.7 Å². The first kappa shape index (κ1) is 18.3. The standard InChI is InChI=1S/C19H13ClN4O3S/c1-12-15(9-10-27-12)18-21-22-19(23(18)13-5-3-2-4-6-13)28-17-8-7-14(24(25)26)11-16(17)20/h2-11H,1H3. The zero-order valence-corrected chi connectivity index (χ0v) is 16.1. The quantitative estimate of drug-likeness (QED) is 0.315. The van der Waals surface area contributed by atoms with Crippen LogP contribution >= 0.6 is 23.4 Å². The second-order valence-corrected chi connectivity index (χ2v) is 7.26. The predicted octanol–water partition coefficient (Wildman–Crippen LogP) is 5.55. The van der Waals surface area contributed by atoms with Gasteiger partial charge in [0.2, 0.25) is 5.16 Å². The van der Waals surface area contributed by atoms with Crippen molar-refractivity contribution < 1.29 is 9.34 Å². The minimum atomic E-state index is -0.480. The van der Waals surface area contributed by atoms with Crippen LogP contribution in [0.15, 0.2) is 75.3 Å². The predicted molar refractivity (Wildman–Crippen MR) is 106 cm³/mol. The van der Waals surface area contributed by atoms with Gasteiger partial charge in [0.25, 0.3) is 5.69 Å². The van der Waals surface area contributed by atoms with Gasteiger partial charge >= 0.3 is 0 Å². The van der Waals surface area contributed by atoms with Crippen molar-refractivity contribution in [1.82, 2.24) is 14.8 Å². The van der Waals surface area contributed by atoms with Crippen molar-refractivity contribution in [3.63, 3.8) is 0 Å². The fourth-order valence-electron chi connectivity index (χ4n) is 2.72. The van der Waals surface area contributed by atoms with E-state index in [1.807, 2.05) is 47.9 Å². The second kappa shape index (κ2) is 7.49. The van der Waals surface area contributed by atoms with Gasteiger partial charge in [-0.3, -0.25) is 14.7 Å². The number of hydrogen-bond donors (Lipinski definition) is 0. The summed E-state index contributed by atoms with van der Waals surface area (Å²) in [5.41, 5.74) is 1.65. The Morgan fingerprint density at radius 3 is 2.57 bits per heavy atom. The number of rotatable bonds is 5. The SMILES string of the molecule is Cc1occc1-c1nnc(Sc2ccc([N+](=O)[O-])cc2Cl)n1-c1ccccc1. The largest absolute Gasteiger partial charge is 0.469 e. The fraction of sp³-hybridized carbons (Fsp3) is 0.0526. The van der Waals surface area contributed by atoms with Gasteiger partial charge in [-0.15, -0.1) is 10.2 Å². The lowest BCUT2D eigenvalue weighted by molar-refractivity contribution is -0.384. The number of nitrogens with zero attached hydrogens (tertiary/aromatic N) is 4. The number of nitro groups is 1. The number of benzene rings is 2. The van der Waals surface area contributed by atoms with Crippen LogP contribution in [0.2, 0.25) is 5.02 Å². The lowest BCUT2D eigenvalue weighted by Crippen LogP contribution is -1.99. The summed E-state index contributed by atoms with van der Waals surface area (Å²) in [5, 5.41) is 20.5. The molecule has 2 aromatic heterocycles. The molecular weight excluding hydrogens is 400 g/mol. The molecule has 4 aromatic rings. The monoisotopic (exact) mass is 412 g/mol. The molecule has 7 nitrogen and oxygen atoms in total. The molecule has 0 N–H and O–H groups in total. The number of para-hydroxylation sites is 1. The van der Waals surface area contributed by atoms with Gasteiger partial charge in [-0.2, -0.15) is 0 Å². The van der Waals surface area contributed by atoms with Crippen molar-refractivity contribution in [2.24, 2.45) is 0 Å². The summed E-state index contributed by atoms with van der Waals surface area (Å²) in [6.45, 7) is 1.86. The number of furan rings is 1. The summed E-state index contributed by atoms with van der Waals surface area (Å²) in [5.74, 6) is 1.37. The summed E-state index contributed by atoms with van der Waals surface area (Å²) < 4.78 is 7.32. The maximum absolute atomic E-state index is 10.9. The van der Waals surface area contributed by atoms with E-state index in [9.17, 15) is 10.1 Å². The lowest BCUT2D eigenvalue weighted by Gasteiger charge is -2.10.